The number of aromatic nitrogens is 1. The molecule has 3 heterocycles. The minimum atomic E-state index is -1.21. The number of carbonyl (C=O) groups is 3. The molecule has 3 atom stereocenters. The Morgan fingerprint density at radius 1 is 1.34 bits per heavy atom. The van der Waals surface area contributed by atoms with Crippen molar-refractivity contribution in [2.24, 2.45) is 10.9 Å². The number of aromatic carboxylic acids is 1. The SMILES string of the molecule is CCO[C@H]1CN(c2nc(C(=O)CC(C)CO)c(C(=O)O)s2)CC[C@H]1NC(=O)C1=NC(Cl)=C(CC)C1. The van der Waals surface area contributed by atoms with Crippen LogP contribution in [0.1, 0.15) is 66.6 Å². The molecule has 1 saturated heterocycles. The fourth-order valence-electron chi connectivity index (χ4n) is 4.06. The van der Waals surface area contributed by atoms with Crippen molar-refractivity contribution < 1.29 is 29.3 Å². The number of amides is 1. The summed E-state index contributed by atoms with van der Waals surface area (Å²) in [7, 11) is 0. The van der Waals surface area contributed by atoms with Crippen LogP contribution in [0.4, 0.5) is 5.13 Å². The maximum Gasteiger partial charge on any atom is 0.348 e. The summed E-state index contributed by atoms with van der Waals surface area (Å²) in [4.78, 5) is 47.5. The highest BCUT2D eigenvalue weighted by atomic mass is 35.5. The minimum Gasteiger partial charge on any atom is -0.477 e. The monoisotopic (exact) mass is 526 g/mol. The second kappa shape index (κ2) is 12.1. The third-order valence-electron chi connectivity index (χ3n) is 6.04. The molecule has 0 saturated carbocycles. The Kier molecular flexibility index (Phi) is 9.40. The molecule has 0 radical (unpaired) electrons. The van der Waals surface area contributed by atoms with Crippen molar-refractivity contribution >= 4 is 51.4 Å². The Morgan fingerprint density at radius 2 is 2.09 bits per heavy atom. The second-order valence-corrected chi connectivity index (χ2v) is 10.0. The van der Waals surface area contributed by atoms with Crippen LogP contribution in [0.5, 0.6) is 0 Å². The number of nitrogens with one attached hydrogen (secondary N) is 1. The van der Waals surface area contributed by atoms with Gasteiger partial charge in [-0.25, -0.2) is 14.8 Å². The minimum absolute atomic E-state index is 0.0120. The highest BCUT2D eigenvalue weighted by Gasteiger charge is 2.35. The standard InChI is InChI=1S/C23H31ClN4O6S/c1-4-13-9-15(25-20(13)24)21(31)26-14-6-7-28(10-17(14)34-5-2)23-27-18(19(35-23)22(32)33)16(30)8-12(3)11-29/h12,14,17,29H,4-11H2,1-3H3,(H,26,31)(H,32,33)/t12?,14-,17+/m1/s1. The summed E-state index contributed by atoms with van der Waals surface area (Å²) in [6, 6.07) is -0.267. The van der Waals surface area contributed by atoms with Crippen LogP contribution in [0.2, 0.25) is 0 Å². The number of Topliss-reactive ketones (excluding diaryl/α,β-unsaturated/α-hetero) is 1. The number of ether oxygens (including phenoxy) is 1. The average Bonchev–Trinajstić information content (AvgIpc) is 3.44. The van der Waals surface area contributed by atoms with Gasteiger partial charge in [0.1, 0.15) is 21.4 Å². The number of aliphatic hydroxyl groups is 1. The number of aliphatic imine (C=N–C) groups is 1. The van der Waals surface area contributed by atoms with Gasteiger partial charge in [-0.05, 0) is 31.3 Å². The third-order valence-corrected chi connectivity index (χ3v) is 7.50. The van der Waals surface area contributed by atoms with Gasteiger partial charge >= 0.3 is 5.97 Å². The molecule has 2 aliphatic heterocycles. The lowest BCUT2D eigenvalue weighted by Crippen LogP contribution is -2.56. The van der Waals surface area contributed by atoms with Crippen molar-refractivity contribution in [1.29, 1.82) is 0 Å². The van der Waals surface area contributed by atoms with Gasteiger partial charge in [-0.3, -0.25) is 9.59 Å². The number of nitrogens with zero attached hydrogens (tertiary/aromatic N) is 3. The van der Waals surface area contributed by atoms with Gasteiger partial charge < -0.3 is 25.2 Å². The van der Waals surface area contributed by atoms with E-state index in [9.17, 15) is 24.6 Å². The number of rotatable bonds is 11. The molecule has 1 aromatic heterocycles. The predicted molar refractivity (Wildman–Crippen MR) is 134 cm³/mol. The highest BCUT2D eigenvalue weighted by molar-refractivity contribution is 7.17. The molecule has 12 heteroatoms. The molecule has 1 aromatic rings. The van der Waals surface area contributed by atoms with Gasteiger partial charge in [-0.2, -0.15) is 0 Å². The second-order valence-electron chi connectivity index (χ2n) is 8.69. The Labute approximate surface area is 213 Å². The Hall–Kier alpha value is -2.34. The molecule has 192 valence electrons. The summed E-state index contributed by atoms with van der Waals surface area (Å²) in [6.07, 6.45) is 1.35. The van der Waals surface area contributed by atoms with Gasteiger partial charge in [0.05, 0.1) is 12.1 Å². The molecule has 1 amide bonds. The number of carboxylic acid groups (broad SMARTS) is 1. The summed E-state index contributed by atoms with van der Waals surface area (Å²) in [5.74, 6) is -2.19. The lowest BCUT2D eigenvalue weighted by Gasteiger charge is -2.38. The van der Waals surface area contributed by atoms with Gasteiger partial charge in [0, 0.05) is 39.1 Å². The maximum atomic E-state index is 12.8. The van der Waals surface area contributed by atoms with Crippen molar-refractivity contribution in [3.05, 3.63) is 21.3 Å². The highest BCUT2D eigenvalue weighted by Crippen LogP contribution is 2.31. The van der Waals surface area contributed by atoms with Crippen molar-refractivity contribution in [2.45, 2.75) is 58.6 Å². The van der Waals surface area contributed by atoms with Crippen LogP contribution in [0.3, 0.4) is 0 Å². The van der Waals surface area contributed by atoms with E-state index in [4.69, 9.17) is 16.3 Å². The number of allylic oxidation sites excluding steroid dienone is 1. The largest absolute Gasteiger partial charge is 0.477 e. The summed E-state index contributed by atoms with van der Waals surface area (Å²) in [6.45, 7) is 6.67. The summed E-state index contributed by atoms with van der Waals surface area (Å²) in [5.41, 5.74) is 1.23. The van der Waals surface area contributed by atoms with Crippen molar-refractivity contribution in [1.82, 2.24) is 10.3 Å². The first-order chi connectivity index (χ1) is 16.7. The topological polar surface area (TPSA) is 141 Å². The first-order valence-corrected chi connectivity index (χ1v) is 12.9. The van der Waals surface area contributed by atoms with Gasteiger partial charge in [0.15, 0.2) is 10.9 Å². The van der Waals surface area contributed by atoms with Gasteiger partial charge in [-0.15, -0.1) is 0 Å². The number of ketones is 1. The van der Waals surface area contributed by atoms with E-state index in [0.717, 1.165) is 23.3 Å². The molecule has 2 aliphatic rings. The van der Waals surface area contributed by atoms with Crippen molar-refractivity contribution in [2.75, 3.05) is 31.2 Å². The molecule has 1 unspecified atom stereocenters. The number of anilines is 1. The van der Waals surface area contributed by atoms with Crippen LogP contribution in [-0.4, -0.2) is 77.0 Å². The number of hydrogen-bond acceptors (Lipinski definition) is 9. The number of carbonyl (C=O) groups excluding carboxylic acids is 2. The number of hydrogen-bond donors (Lipinski definition) is 3. The zero-order chi connectivity index (χ0) is 25.7. The van der Waals surface area contributed by atoms with E-state index in [-0.39, 0.29) is 47.6 Å². The lowest BCUT2D eigenvalue weighted by molar-refractivity contribution is -0.117. The van der Waals surface area contributed by atoms with E-state index in [1.165, 1.54) is 0 Å². The molecular weight excluding hydrogens is 496 g/mol. The Bertz CT molecular complexity index is 1040. The number of aliphatic hydroxyl groups excluding tert-OH is 1. The van der Waals surface area contributed by atoms with E-state index < -0.39 is 11.8 Å². The van der Waals surface area contributed by atoms with Gasteiger partial charge in [0.2, 0.25) is 0 Å². The molecular formula is C23H31ClN4O6S. The molecule has 0 spiro atoms. The van der Waals surface area contributed by atoms with Crippen LogP contribution in [0.15, 0.2) is 15.7 Å². The molecule has 10 nitrogen and oxygen atoms in total. The molecule has 0 aromatic carbocycles. The number of carboxylic acids is 1. The Balaban J connectivity index is 1.72. The summed E-state index contributed by atoms with van der Waals surface area (Å²) < 4.78 is 5.91. The molecule has 1 fully saturated rings. The van der Waals surface area contributed by atoms with Crippen molar-refractivity contribution in [3.8, 4) is 0 Å². The van der Waals surface area contributed by atoms with Crippen LogP contribution >= 0.6 is 22.9 Å². The fourth-order valence-corrected chi connectivity index (χ4v) is 5.32. The van der Waals surface area contributed by atoms with Gasteiger partial charge in [0.25, 0.3) is 5.91 Å². The molecule has 3 N–H and O–H groups in total. The average molecular weight is 527 g/mol. The summed E-state index contributed by atoms with van der Waals surface area (Å²) >= 11 is 7.06. The number of piperidine rings is 1. The Morgan fingerprint density at radius 3 is 2.69 bits per heavy atom. The van der Waals surface area contributed by atoms with E-state index in [2.05, 4.69) is 15.3 Å². The van der Waals surface area contributed by atoms with E-state index in [1.807, 2.05) is 18.7 Å². The normalized spacial score (nSPS) is 21.2. The van der Waals surface area contributed by atoms with Crippen LogP contribution in [0.25, 0.3) is 0 Å². The molecule has 0 aliphatic carbocycles. The fraction of sp³-hybridized carbons (Fsp3) is 0.609. The number of thiazole rings is 1. The molecule has 35 heavy (non-hydrogen) atoms. The van der Waals surface area contributed by atoms with Crippen LogP contribution in [-0.2, 0) is 9.53 Å². The summed E-state index contributed by atoms with van der Waals surface area (Å²) in [5, 5.41) is 22.7. The first-order valence-electron chi connectivity index (χ1n) is 11.7. The quantitative estimate of drug-likeness (QED) is 0.295. The van der Waals surface area contributed by atoms with Gasteiger partial charge in [-0.1, -0.05) is 36.8 Å². The first kappa shape index (κ1) is 27.3. The smallest absolute Gasteiger partial charge is 0.348 e. The van der Waals surface area contributed by atoms with E-state index in [1.54, 1.807) is 6.92 Å². The molecule has 0 bridgehead atoms. The van der Waals surface area contributed by atoms with E-state index in [0.29, 0.717) is 48.5 Å². The van der Waals surface area contributed by atoms with Crippen LogP contribution < -0.4 is 10.2 Å². The van der Waals surface area contributed by atoms with E-state index >= 15 is 0 Å². The molecule has 3 rings (SSSR count). The zero-order valence-corrected chi connectivity index (χ0v) is 21.6. The lowest BCUT2D eigenvalue weighted by atomic mass is 10.0. The zero-order valence-electron chi connectivity index (χ0n) is 20.0. The third kappa shape index (κ3) is 6.46. The predicted octanol–water partition coefficient (Wildman–Crippen LogP) is 2.85. The maximum absolute atomic E-state index is 12.8. The number of halogens is 1. The van der Waals surface area contributed by atoms with Crippen molar-refractivity contribution in [3.63, 3.8) is 0 Å². The van der Waals surface area contributed by atoms with Crippen LogP contribution in [0, 0.1) is 5.92 Å².